The fourth-order valence-electron chi connectivity index (χ4n) is 1.67. The number of carbonyl (C=O) groups excluding carboxylic acids is 2. The van der Waals surface area contributed by atoms with Crippen molar-refractivity contribution in [3.63, 3.8) is 0 Å². The lowest BCUT2D eigenvalue weighted by Crippen LogP contribution is -2.42. The molecule has 0 aliphatic carbocycles. The van der Waals surface area contributed by atoms with Crippen LogP contribution in [0.1, 0.15) is 19.4 Å². The lowest BCUT2D eigenvalue weighted by molar-refractivity contribution is -0.222. The first-order valence-corrected chi connectivity index (χ1v) is 6.06. The van der Waals surface area contributed by atoms with E-state index in [0.717, 1.165) is 12.3 Å². The van der Waals surface area contributed by atoms with Gasteiger partial charge in [-0.2, -0.15) is 5.26 Å². The third kappa shape index (κ3) is 3.03. The topological polar surface area (TPSA) is 88.4 Å². The van der Waals surface area contributed by atoms with E-state index in [-0.39, 0.29) is 5.69 Å². The summed E-state index contributed by atoms with van der Waals surface area (Å²) in [5.41, 5.74) is -1.31. The maximum absolute atomic E-state index is 13.6. The number of benzene rings is 1. The van der Waals surface area contributed by atoms with Crippen molar-refractivity contribution in [1.29, 1.82) is 5.26 Å². The summed E-state index contributed by atoms with van der Waals surface area (Å²) in [6.45, 7) is 2.76. The summed E-state index contributed by atoms with van der Waals surface area (Å²) in [6.07, 6.45) is 0.851. The molecule has 1 saturated heterocycles. The molecule has 0 spiro atoms. The maximum atomic E-state index is 13.6. The van der Waals surface area contributed by atoms with Gasteiger partial charge in [-0.3, -0.25) is 0 Å². The molecule has 1 aromatic rings. The zero-order chi connectivity index (χ0) is 16.5. The van der Waals surface area contributed by atoms with Crippen molar-refractivity contribution < 1.29 is 27.8 Å². The van der Waals surface area contributed by atoms with Crippen LogP contribution in [-0.2, 0) is 19.1 Å². The van der Waals surface area contributed by atoms with Crippen LogP contribution in [0.25, 0.3) is 0 Å². The molecular formula is C14H10F2N2O4. The van der Waals surface area contributed by atoms with Crippen LogP contribution in [-0.4, -0.2) is 17.7 Å². The number of nitriles is 1. The molecule has 1 N–H and O–H groups in total. The van der Waals surface area contributed by atoms with Crippen LogP contribution in [0.15, 0.2) is 23.9 Å². The smallest absolute Gasteiger partial charge is 0.350 e. The molecule has 1 aromatic carbocycles. The third-order valence-corrected chi connectivity index (χ3v) is 2.67. The first-order valence-electron chi connectivity index (χ1n) is 6.06. The van der Waals surface area contributed by atoms with Gasteiger partial charge in [0.1, 0.15) is 17.7 Å². The molecule has 1 fully saturated rings. The van der Waals surface area contributed by atoms with E-state index < -0.39 is 40.5 Å². The highest BCUT2D eigenvalue weighted by Crippen LogP contribution is 2.24. The summed E-state index contributed by atoms with van der Waals surface area (Å²) in [4.78, 5) is 23.3. The Morgan fingerprint density at radius 1 is 1.18 bits per heavy atom. The van der Waals surface area contributed by atoms with Crippen molar-refractivity contribution >= 4 is 17.6 Å². The number of nitrogens with one attached hydrogen (secondary N) is 1. The molecule has 0 radical (unpaired) electrons. The number of hydrogen-bond donors (Lipinski definition) is 1. The summed E-state index contributed by atoms with van der Waals surface area (Å²) < 4.78 is 36.7. The molecule has 0 saturated carbocycles. The zero-order valence-corrected chi connectivity index (χ0v) is 11.6. The summed E-state index contributed by atoms with van der Waals surface area (Å²) in [5.74, 6) is -5.17. The van der Waals surface area contributed by atoms with Gasteiger partial charge in [0.15, 0.2) is 5.57 Å². The van der Waals surface area contributed by atoms with E-state index in [9.17, 15) is 18.4 Å². The summed E-state index contributed by atoms with van der Waals surface area (Å²) in [7, 11) is 0. The van der Waals surface area contributed by atoms with Crippen LogP contribution in [0.4, 0.5) is 14.5 Å². The molecule has 8 heteroatoms. The number of hydrogen-bond acceptors (Lipinski definition) is 6. The van der Waals surface area contributed by atoms with E-state index in [1.165, 1.54) is 19.9 Å². The van der Waals surface area contributed by atoms with E-state index >= 15 is 0 Å². The summed E-state index contributed by atoms with van der Waals surface area (Å²) in [6, 6.07) is 2.91. The molecule has 6 nitrogen and oxygen atoms in total. The average molecular weight is 308 g/mol. The minimum atomic E-state index is -1.39. The van der Waals surface area contributed by atoms with Gasteiger partial charge in [0.25, 0.3) is 5.79 Å². The molecule has 1 aliphatic heterocycles. The SMILES string of the molecule is CC1(C)OC(=O)C(=CNc2cc(F)c(C#N)cc2F)C(=O)O1. The van der Waals surface area contributed by atoms with E-state index in [4.69, 9.17) is 14.7 Å². The highest BCUT2D eigenvalue weighted by molar-refractivity contribution is 6.15. The normalized spacial score (nSPS) is 16.4. The van der Waals surface area contributed by atoms with Gasteiger partial charge in [-0.05, 0) is 6.07 Å². The van der Waals surface area contributed by atoms with Gasteiger partial charge in [0.2, 0.25) is 0 Å². The Hall–Kier alpha value is -2.95. The van der Waals surface area contributed by atoms with Gasteiger partial charge >= 0.3 is 11.9 Å². The van der Waals surface area contributed by atoms with Gasteiger partial charge in [-0.15, -0.1) is 0 Å². The molecule has 1 heterocycles. The number of anilines is 1. The van der Waals surface area contributed by atoms with E-state index in [1.54, 1.807) is 0 Å². The lowest BCUT2D eigenvalue weighted by Gasteiger charge is -2.29. The highest BCUT2D eigenvalue weighted by atomic mass is 19.1. The van der Waals surface area contributed by atoms with Crippen LogP contribution in [0.5, 0.6) is 0 Å². The van der Waals surface area contributed by atoms with Crippen LogP contribution in [0, 0.1) is 23.0 Å². The molecule has 0 atom stereocenters. The Bertz CT molecular complexity index is 713. The molecular weight excluding hydrogens is 298 g/mol. The molecule has 22 heavy (non-hydrogen) atoms. The van der Waals surface area contributed by atoms with Gasteiger partial charge in [-0.1, -0.05) is 0 Å². The van der Waals surface area contributed by atoms with E-state index in [0.29, 0.717) is 6.07 Å². The molecule has 1 aliphatic rings. The zero-order valence-electron chi connectivity index (χ0n) is 11.6. The first-order chi connectivity index (χ1) is 10.2. The van der Waals surface area contributed by atoms with Gasteiger partial charge in [0.05, 0.1) is 11.3 Å². The summed E-state index contributed by atoms with van der Waals surface area (Å²) in [5, 5.41) is 10.8. The van der Waals surface area contributed by atoms with Crippen molar-refractivity contribution in [1.82, 2.24) is 0 Å². The van der Waals surface area contributed by atoms with Crippen LogP contribution >= 0.6 is 0 Å². The Morgan fingerprint density at radius 2 is 1.77 bits per heavy atom. The number of nitrogens with zero attached hydrogens (tertiary/aromatic N) is 1. The molecule has 2 rings (SSSR count). The second-order valence-electron chi connectivity index (χ2n) is 4.80. The van der Waals surface area contributed by atoms with Gasteiger partial charge in [-0.25, -0.2) is 18.4 Å². The second-order valence-corrected chi connectivity index (χ2v) is 4.80. The van der Waals surface area contributed by atoms with Crippen LogP contribution in [0.2, 0.25) is 0 Å². The van der Waals surface area contributed by atoms with Crippen LogP contribution in [0.3, 0.4) is 0 Å². The molecule has 114 valence electrons. The fraction of sp³-hybridized carbons (Fsp3) is 0.214. The van der Waals surface area contributed by atoms with E-state index in [2.05, 4.69) is 5.32 Å². The Balaban J connectivity index is 2.26. The fourth-order valence-corrected chi connectivity index (χ4v) is 1.67. The quantitative estimate of drug-likeness (QED) is 0.510. The summed E-state index contributed by atoms with van der Waals surface area (Å²) >= 11 is 0. The number of halogens is 2. The highest BCUT2D eigenvalue weighted by Gasteiger charge is 2.38. The Morgan fingerprint density at radius 3 is 2.32 bits per heavy atom. The van der Waals surface area contributed by atoms with Gasteiger partial charge < -0.3 is 14.8 Å². The standard InChI is InChI=1S/C14H10F2N2O4/c1-14(2)21-12(19)8(13(20)22-14)6-18-11-4-9(15)7(5-17)3-10(11)16/h3-4,6,18H,1-2H3. The number of rotatable bonds is 2. The molecule has 0 amide bonds. The second kappa shape index (κ2) is 5.44. The third-order valence-electron chi connectivity index (χ3n) is 2.67. The number of carbonyl (C=O) groups is 2. The number of esters is 2. The van der Waals surface area contributed by atoms with Crippen molar-refractivity contribution in [3.05, 3.63) is 41.1 Å². The van der Waals surface area contributed by atoms with E-state index in [1.807, 2.05) is 0 Å². The van der Waals surface area contributed by atoms with Crippen LogP contribution < -0.4 is 5.32 Å². The van der Waals surface area contributed by atoms with Crippen molar-refractivity contribution in [2.75, 3.05) is 5.32 Å². The predicted octanol–water partition coefficient (Wildman–Crippen LogP) is 1.97. The Labute approximate surface area is 123 Å². The first kappa shape index (κ1) is 15.4. The molecule has 0 aromatic heterocycles. The van der Waals surface area contributed by atoms with Crippen molar-refractivity contribution in [2.24, 2.45) is 0 Å². The average Bonchev–Trinajstić information content (AvgIpc) is 2.39. The number of cyclic esters (lactones) is 2. The van der Waals surface area contributed by atoms with Crippen molar-refractivity contribution in [3.8, 4) is 6.07 Å². The maximum Gasteiger partial charge on any atom is 0.350 e. The number of ether oxygens (including phenoxy) is 2. The molecule has 0 bridgehead atoms. The minimum absolute atomic E-state index is 0.352. The van der Waals surface area contributed by atoms with Gasteiger partial charge in [0, 0.05) is 26.1 Å². The Kier molecular flexibility index (Phi) is 3.82. The lowest BCUT2D eigenvalue weighted by atomic mass is 10.2. The van der Waals surface area contributed by atoms with Crippen molar-refractivity contribution in [2.45, 2.75) is 19.6 Å². The largest absolute Gasteiger partial charge is 0.419 e. The minimum Gasteiger partial charge on any atom is -0.419 e. The molecule has 0 unspecified atom stereocenters. The monoisotopic (exact) mass is 308 g/mol. The predicted molar refractivity (Wildman–Crippen MR) is 69.0 cm³/mol.